The standard InChI is InChI=1S/C34H46ClN3O7/c1-32(2,3)30(42)44-26-16-13-22(18-27(26)45-31(43)33(4,5)6)25(39)19-37-34(7,8)20-36-28(40)24-10-9-17-38(24)29(41)21-11-14-23(35)15-12-21/h11-16,18,24-25,37,39H,9-10,17,19-20H2,1-8H3,(H,36,40). The molecular formula is C34H46ClN3O7. The number of carbonyl (C=O) groups is 4. The Labute approximate surface area is 270 Å². The number of likely N-dealkylation sites (tertiary alicyclic amines) is 1. The molecule has 3 N–H and O–H groups in total. The van der Waals surface area contributed by atoms with Gasteiger partial charge in [-0.25, -0.2) is 0 Å². The quantitative estimate of drug-likeness (QED) is 0.242. The van der Waals surface area contributed by atoms with Crippen LogP contribution in [0.2, 0.25) is 5.02 Å². The number of carbonyl (C=O) groups excluding carboxylic acids is 4. The Bertz CT molecular complexity index is 1390. The maximum atomic E-state index is 13.1. The predicted octanol–water partition coefficient (Wildman–Crippen LogP) is 5.07. The fourth-order valence-corrected chi connectivity index (χ4v) is 4.55. The summed E-state index contributed by atoms with van der Waals surface area (Å²) in [7, 11) is 0. The monoisotopic (exact) mass is 643 g/mol. The van der Waals surface area contributed by atoms with Crippen LogP contribution in [-0.4, -0.2) is 65.0 Å². The molecule has 2 unspecified atom stereocenters. The fraction of sp³-hybridized carbons (Fsp3) is 0.529. The molecule has 1 aliphatic heterocycles. The minimum absolute atomic E-state index is 0.0323. The van der Waals surface area contributed by atoms with Crippen molar-refractivity contribution >= 4 is 35.4 Å². The number of ether oxygens (including phenoxy) is 2. The third-order valence-corrected chi connectivity index (χ3v) is 7.62. The molecular weight excluding hydrogens is 598 g/mol. The molecule has 0 bridgehead atoms. The highest BCUT2D eigenvalue weighted by Crippen LogP contribution is 2.34. The normalized spacial score (nSPS) is 16.2. The van der Waals surface area contributed by atoms with Crippen LogP contribution in [0.3, 0.4) is 0 Å². The van der Waals surface area contributed by atoms with Gasteiger partial charge in [-0.1, -0.05) is 17.7 Å². The van der Waals surface area contributed by atoms with Crippen LogP contribution in [0.15, 0.2) is 42.5 Å². The largest absolute Gasteiger partial charge is 0.422 e. The van der Waals surface area contributed by atoms with Crippen molar-refractivity contribution in [2.75, 3.05) is 19.6 Å². The number of nitrogens with zero attached hydrogens (tertiary/aromatic N) is 1. The van der Waals surface area contributed by atoms with Crippen LogP contribution in [0.5, 0.6) is 11.5 Å². The number of rotatable bonds is 10. The van der Waals surface area contributed by atoms with E-state index in [1.165, 1.54) is 12.1 Å². The van der Waals surface area contributed by atoms with Crippen molar-refractivity contribution in [2.45, 2.75) is 85.9 Å². The number of amides is 2. The SMILES string of the molecule is CC(C)(CNC(=O)C1CCCN1C(=O)c1ccc(Cl)cc1)NCC(O)c1ccc(OC(=O)C(C)(C)C)c(OC(=O)C(C)(C)C)c1. The second kappa shape index (κ2) is 14.3. The highest BCUT2D eigenvalue weighted by Gasteiger charge is 2.35. The Morgan fingerprint density at radius 3 is 2.07 bits per heavy atom. The summed E-state index contributed by atoms with van der Waals surface area (Å²) in [5.74, 6) is -1.36. The Morgan fingerprint density at radius 1 is 0.911 bits per heavy atom. The highest BCUT2D eigenvalue weighted by atomic mass is 35.5. The third kappa shape index (κ3) is 10.0. The van der Waals surface area contributed by atoms with Crippen LogP contribution in [0.1, 0.15) is 90.3 Å². The summed E-state index contributed by atoms with van der Waals surface area (Å²) < 4.78 is 11.1. The maximum absolute atomic E-state index is 13.1. The average molecular weight is 644 g/mol. The van der Waals surface area contributed by atoms with Gasteiger partial charge in [0.2, 0.25) is 5.91 Å². The zero-order valence-corrected chi connectivity index (χ0v) is 28.2. The molecule has 2 aromatic carbocycles. The van der Waals surface area contributed by atoms with Crippen molar-refractivity contribution in [3.8, 4) is 11.5 Å². The molecule has 0 saturated carbocycles. The first kappa shape index (κ1) is 36.0. The minimum atomic E-state index is -1.01. The lowest BCUT2D eigenvalue weighted by atomic mass is 9.97. The number of esters is 2. The van der Waals surface area contributed by atoms with E-state index in [0.29, 0.717) is 29.1 Å². The lowest BCUT2D eigenvalue weighted by Gasteiger charge is -2.30. The summed E-state index contributed by atoms with van der Waals surface area (Å²) in [5.41, 5.74) is -1.29. The van der Waals surface area contributed by atoms with Gasteiger partial charge in [-0.05, 0) is 110 Å². The van der Waals surface area contributed by atoms with Crippen LogP contribution in [-0.2, 0) is 14.4 Å². The molecule has 1 saturated heterocycles. The topological polar surface area (TPSA) is 134 Å². The fourth-order valence-electron chi connectivity index (χ4n) is 4.42. The molecule has 0 aliphatic carbocycles. The van der Waals surface area contributed by atoms with Crippen LogP contribution < -0.4 is 20.1 Å². The Hall–Kier alpha value is -3.47. The molecule has 0 aromatic heterocycles. The van der Waals surface area contributed by atoms with Crippen molar-refractivity contribution in [3.63, 3.8) is 0 Å². The molecule has 0 radical (unpaired) electrons. The number of hydrogen-bond acceptors (Lipinski definition) is 8. The summed E-state index contributed by atoms with van der Waals surface area (Å²) in [6, 6.07) is 10.6. The first-order valence-corrected chi connectivity index (χ1v) is 15.5. The molecule has 246 valence electrons. The van der Waals surface area contributed by atoms with E-state index in [1.54, 1.807) is 76.8 Å². The molecule has 1 aliphatic rings. The summed E-state index contributed by atoms with van der Waals surface area (Å²) in [5, 5.41) is 17.8. The molecule has 3 rings (SSSR count). The minimum Gasteiger partial charge on any atom is -0.422 e. The zero-order chi connectivity index (χ0) is 33.7. The molecule has 1 fully saturated rings. The zero-order valence-electron chi connectivity index (χ0n) is 27.5. The summed E-state index contributed by atoms with van der Waals surface area (Å²) in [6.07, 6.45) is 0.287. The van der Waals surface area contributed by atoms with Crippen LogP contribution in [0, 0.1) is 10.8 Å². The van der Waals surface area contributed by atoms with E-state index in [-0.39, 0.29) is 36.4 Å². The number of hydrogen-bond donors (Lipinski definition) is 3. The van der Waals surface area contributed by atoms with E-state index in [1.807, 2.05) is 13.8 Å². The van der Waals surface area contributed by atoms with Gasteiger partial charge in [0, 0.05) is 35.8 Å². The van der Waals surface area contributed by atoms with Gasteiger partial charge >= 0.3 is 11.9 Å². The van der Waals surface area contributed by atoms with Crippen molar-refractivity contribution in [2.24, 2.45) is 10.8 Å². The number of benzene rings is 2. The van der Waals surface area contributed by atoms with Gasteiger partial charge < -0.3 is 30.1 Å². The molecule has 45 heavy (non-hydrogen) atoms. The average Bonchev–Trinajstić information content (AvgIpc) is 3.45. The Morgan fingerprint density at radius 2 is 1.49 bits per heavy atom. The maximum Gasteiger partial charge on any atom is 0.316 e. The van der Waals surface area contributed by atoms with E-state index >= 15 is 0 Å². The van der Waals surface area contributed by atoms with Gasteiger partial charge in [-0.2, -0.15) is 0 Å². The van der Waals surface area contributed by atoms with E-state index in [4.69, 9.17) is 21.1 Å². The first-order valence-electron chi connectivity index (χ1n) is 15.1. The van der Waals surface area contributed by atoms with E-state index in [2.05, 4.69) is 10.6 Å². The summed E-state index contributed by atoms with van der Waals surface area (Å²) in [6.45, 7) is 14.9. The smallest absolute Gasteiger partial charge is 0.316 e. The van der Waals surface area contributed by atoms with Crippen LogP contribution in [0.25, 0.3) is 0 Å². The van der Waals surface area contributed by atoms with E-state index in [9.17, 15) is 24.3 Å². The molecule has 2 atom stereocenters. The number of β-amino-alcohol motifs (C(OH)–C–C–N with tert-alkyl or cyclic N) is 1. The first-order chi connectivity index (χ1) is 20.8. The highest BCUT2D eigenvalue weighted by molar-refractivity contribution is 6.30. The summed E-state index contributed by atoms with van der Waals surface area (Å²) in [4.78, 5) is 53.0. The lowest BCUT2D eigenvalue weighted by molar-refractivity contribution is -0.145. The number of aliphatic hydroxyl groups is 1. The van der Waals surface area contributed by atoms with Crippen molar-refractivity contribution in [1.29, 1.82) is 0 Å². The number of nitrogens with one attached hydrogen (secondary N) is 2. The molecule has 2 aromatic rings. The molecule has 0 spiro atoms. The predicted molar refractivity (Wildman–Crippen MR) is 172 cm³/mol. The Balaban J connectivity index is 1.63. The van der Waals surface area contributed by atoms with Gasteiger partial charge in [0.25, 0.3) is 5.91 Å². The lowest BCUT2D eigenvalue weighted by Crippen LogP contribution is -2.53. The molecule has 11 heteroatoms. The third-order valence-electron chi connectivity index (χ3n) is 7.37. The van der Waals surface area contributed by atoms with Crippen molar-refractivity contribution in [3.05, 3.63) is 58.6 Å². The van der Waals surface area contributed by atoms with E-state index in [0.717, 1.165) is 6.42 Å². The van der Waals surface area contributed by atoms with Crippen molar-refractivity contribution in [1.82, 2.24) is 15.5 Å². The van der Waals surface area contributed by atoms with Gasteiger partial charge in [-0.15, -0.1) is 0 Å². The van der Waals surface area contributed by atoms with Gasteiger partial charge in [-0.3, -0.25) is 19.2 Å². The van der Waals surface area contributed by atoms with Gasteiger partial charge in [0.05, 0.1) is 16.9 Å². The van der Waals surface area contributed by atoms with Crippen molar-refractivity contribution < 1.29 is 33.8 Å². The van der Waals surface area contributed by atoms with Crippen LogP contribution in [0.4, 0.5) is 0 Å². The summed E-state index contributed by atoms with van der Waals surface area (Å²) >= 11 is 5.95. The molecule has 10 nitrogen and oxygen atoms in total. The van der Waals surface area contributed by atoms with Gasteiger partial charge in [0.1, 0.15) is 6.04 Å². The van der Waals surface area contributed by atoms with Gasteiger partial charge in [0.15, 0.2) is 11.5 Å². The second-order valence-corrected chi connectivity index (χ2v) is 14.6. The second-order valence-electron chi connectivity index (χ2n) is 14.1. The molecule has 2 amide bonds. The van der Waals surface area contributed by atoms with E-state index < -0.39 is 40.5 Å². The Kier molecular flexibility index (Phi) is 11.4. The number of aliphatic hydroxyl groups excluding tert-OH is 1. The molecule has 1 heterocycles. The number of halogens is 1. The van der Waals surface area contributed by atoms with Crippen LogP contribution >= 0.6 is 11.6 Å².